The molecule has 8 nitrogen and oxygen atoms in total. The Morgan fingerprint density at radius 3 is 2.44 bits per heavy atom. The van der Waals surface area contributed by atoms with Crippen LogP contribution >= 0.6 is 0 Å². The fourth-order valence-corrected chi connectivity index (χ4v) is 4.47. The van der Waals surface area contributed by atoms with Gasteiger partial charge in [-0.1, -0.05) is 18.2 Å². The number of Topliss-reactive ketones (excluding diaryl/α,β-unsaturated/α-hetero) is 1. The number of fused-ring (bicyclic) bond motifs is 1. The molecular formula is C26H29N3O5. The molecule has 1 aliphatic heterocycles. The van der Waals surface area contributed by atoms with Crippen molar-refractivity contribution >= 4 is 28.4 Å². The van der Waals surface area contributed by atoms with Crippen molar-refractivity contribution in [3.05, 3.63) is 65.4 Å². The molecule has 2 heterocycles. The number of nitrogens with zero attached hydrogens (tertiary/aromatic N) is 3. The van der Waals surface area contributed by atoms with Crippen LogP contribution in [0, 0.1) is 0 Å². The molecule has 34 heavy (non-hydrogen) atoms. The van der Waals surface area contributed by atoms with Gasteiger partial charge in [-0.3, -0.25) is 9.59 Å². The number of benzene rings is 2. The topological polar surface area (TPSA) is 84.2 Å². The number of methoxy groups -OCH3 is 2. The van der Waals surface area contributed by atoms with Gasteiger partial charge in [-0.15, -0.1) is 0 Å². The minimum Gasteiger partial charge on any atom is -0.507 e. The Labute approximate surface area is 198 Å². The van der Waals surface area contributed by atoms with Crippen molar-refractivity contribution in [1.82, 2.24) is 14.4 Å². The number of aromatic nitrogens is 1. The third-order valence-corrected chi connectivity index (χ3v) is 6.21. The molecule has 1 unspecified atom stereocenters. The zero-order valence-corrected chi connectivity index (χ0v) is 20.0. The maximum absolute atomic E-state index is 13.3. The SMILES string of the molecule is COc1ccc(/C(O)=C2\C(=O)C(=O)N(CCN(C)C)C2c2cn(C)c3ccccc23)cc1OC. The molecule has 1 fully saturated rings. The molecule has 1 atom stereocenters. The number of ketones is 1. The number of amides is 1. The summed E-state index contributed by atoms with van der Waals surface area (Å²) in [4.78, 5) is 30.0. The maximum Gasteiger partial charge on any atom is 0.295 e. The van der Waals surface area contributed by atoms with E-state index in [0.717, 1.165) is 16.5 Å². The lowest BCUT2D eigenvalue weighted by Crippen LogP contribution is -2.35. The standard InChI is InChI=1S/C26H29N3O5/c1-27(2)12-13-29-23(18-15-28(3)19-9-7-6-8-17(18)19)22(25(31)26(29)32)24(30)16-10-11-20(33-4)21(14-16)34-5/h6-11,14-15,23,30H,12-13H2,1-5H3/b24-22+. The summed E-state index contributed by atoms with van der Waals surface area (Å²) in [7, 11) is 8.76. The Hall–Kier alpha value is -3.78. The maximum atomic E-state index is 13.3. The van der Waals surface area contributed by atoms with E-state index in [1.807, 2.05) is 61.1 Å². The van der Waals surface area contributed by atoms with Crippen LogP contribution < -0.4 is 9.47 Å². The molecule has 4 rings (SSSR count). The normalized spacial score (nSPS) is 17.7. The van der Waals surface area contributed by atoms with E-state index in [4.69, 9.17) is 9.47 Å². The van der Waals surface area contributed by atoms with Crippen LogP contribution in [0.25, 0.3) is 16.7 Å². The van der Waals surface area contributed by atoms with E-state index >= 15 is 0 Å². The van der Waals surface area contributed by atoms with E-state index < -0.39 is 17.7 Å². The molecule has 1 aromatic heterocycles. The summed E-state index contributed by atoms with van der Waals surface area (Å²) >= 11 is 0. The first kappa shape index (κ1) is 23.4. The van der Waals surface area contributed by atoms with Crippen LogP contribution in [0.4, 0.5) is 0 Å². The molecule has 1 aliphatic rings. The van der Waals surface area contributed by atoms with E-state index in [9.17, 15) is 14.7 Å². The van der Waals surface area contributed by atoms with Gasteiger partial charge in [0.1, 0.15) is 5.76 Å². The summed E-state index contributed by atoms with van der Waals surface area (Å²) in [6, 6.07) is 12.0. The predicted molar refractivity (Wildman–Crippen MR) is 130 cm³/mol. The van der Waals surface area contributed by atoms with Gasteiger partial charge in [-0.25, -0.2) is 0 Å². The number of aryl methyl sites for hydroxylation is 1. The highest BCUT2D eigenvalue weighted by atomic mass is 16.5. The van der Waals surface area contributed by atoms with Crippen molar-refractivity contribution in [2.45, 2.75) is 6.04 Å². The summed E-state index contributed by atoms with van der Waals surface area (Å²) < 4.78 is 12.6. The lowest BCUT2D eigenvalue weighted by atomic mass is 9.95. The molecule has 0 aliphatic carbocycles. The van der Waals surface area contributed by atoms with E-state index in [1.54, 1.807) is 23.1 Å². The molecule has 1 saturated heterocycles. The van der Waals surface area contributed by atoms with Crippen LogP contribution in [0.15, 0.2) is 54.2 Å². The third kappa shape index (κ3) is 3.90. The summed E-state index contributed by atoms with van der Waals surface area (Å²) in [5.74, 6) is -0.665. The van der Waals surface area contributed by atoms with Crippen LogP contribution in [0.2, 0.25) is 0 Å². The molecule has 0 radical (unpaired) electrons. The molecule has 8 heteroatoms. The number of aliphatic hydroxyl groups excluding tert-OH is 1. The summed E-state index contributed by atoms with van der Waals surface area (Å²) in [5.41, 5.74) is 2.20. The summed E-state index contributed by atoms with van der Waals surface area (Å²) in [6.07, 6.45) is 1.92. The Balaban J connectivity index is 1.94. The Morgan fingerprint density at radius 1 is 1.06 bits per heavy atom. The summed E-state index contributed by atoms with van der Waals surface area (Å²) in [5, 5.41) is 12.3. The monoisotopic (exact) mass is 463 g/mol. The van der Waals surface area contributed by atoms with Gasteiger partial charge >= 0.3 is 0 Å². The quantitative estimate of drug-likeness (QED) is 0.329. The number of hydrogen-bond acceptors (Lipinski definition) is 6. The fraction of sp³-hybridized carbons (Fsp3) is 0.308. The van der Waals surface area contributed by atoms with Gasteiger partial charge in [-0.05, 0) is 38.4 Å². The highest BCUT2D eigenvalue weighted by molar-refractivity contribution is 6.46. The molecule has 0 spiro atoms. The number of likely N-dealkylation sites (tertiary alicyclic amines) is 1. The minimum absolute atomic E-state index is 0.0623. The number of likely N-dealkylation sites (N-methyl/N-ethyl adjacent to an activating group) is 1. The lowest BCUT2D eigenvalue weighted by Gasteiger charge is -2.26. The molecule has 1 amide bonds. The third-order valence-electron chi connectivity index (χ3n) is 6.21. The molecule has 1 N–H and O–H groups in total. The minimum atomic E-state index is -0.723. The van der Waals surface area contributed by atoms with E-state index in [0.29, 0.717) is 30.2 Å². The molecule has 0 bridgehead atoms. The Kier molecular flexibility index (Phi) is 6.34. The fourth-order valence-electron chi connectivity index (χ4n) is 4.47. The van der Waals surface area contributed by atoms with Gasteiger partial charge < -0.3 is 28.9 Å². The van der Waals surface area contributed by atoms with E-state index in [-0.39, 0.29) is 11.3 Å². The van der Waals surface area contributed by atoms with Crippen molar-refractivity contribution in [1.29, 1.82) is 0 Å². The van der Waals surface area contributed by atoms with Crippen molar-refractivity contribution in [3.63, 3.8) is 0 Å². The summed E-state index contributed by atoms with van der Waals surface area (Å²) in [6.45, 7) is 0.916. The van der Waals surface area contributed by atoms with Crippen LogP contribution in [-0.2, 0) is 16.6 Å². The van der Waals surface area contributed by atoms with Gasteiger partial charge in [0.15, 0.2) is 11.5 Å². The number of ether oxygens (including phenoxy) is 2. The zero-order valence-electron chi connectivity index (χ0n) is 20.0. The van der Waals surface area contributed by atoms with Crippen molar-refractivity contribution in [3.8, 4) is 11.5 Å². The first-order valence-corrected chi connectivity index (χ1v) is 11.0. The Bertz CT molecular complexity index is 1290. The molecule has 178 valence electrons. The second-order valence-electron chi connectivity index (χ2n) is 8.58. The number of carbonyl (C=O) groups excluding carboxylic acids is 2. The van der Waals surface area contributed by atoms with E-state index in [2.05, 4.69) is 0 Å². The van der Waals surface area contributed by atoms with Crippen molar-refractivity contribution in [2.75, 3.05) is 41.4 Å². The number of aliphatic hydroxyl groups is 1. The molecule has 2 aromatic carbocycles. The number of rotatable bonds is 7. The van der Waals surface area contributed by atoms with Crippen LogP contribution in [0.5, 0.6) is 11.5 Å². The van der Waals surface area contributed by atoms with Crippen molar-refractivity contribution in [2.24, 2.45) is 7.05 Å². The largest absolute Gasteiger partial charge is 0.507 e. The van der Waals surface area contributed by atoms with Gasteiger partial charge in [-0.2, -0.15) is 0 Å². The highest BCUT2D eigenvalue weighted by Crippen LogP contribution is 2.43. The van der Waals surface area contributed by atoms with Gasteiger partial charge in [0, 0.05) is 48.4 Å². The zero-order chi connectivity index (χ0) is 24.6. The number of carbonyl (C=O) groups is 2. The van der Waals surface area contributed by atoms with Crippen molar-refractivity contribution < 1.29 is 24.2 Å². The highest BCUT2D eigenvalue weighted by Gasteiger charge is 2.46. The molecule has 0 saturated carbocycles. The van der Waals surface area contributed by atoms with Crippen LogP contribution in [0.1, 0.15) is 17.2 Å². The Morgan fingerprint density at radius 2 is 1.76 bits per heavy atom. The average Bonchev–Trinajstić information content (AvgIpc) is 3.30. The van der Waals surface area contributed by atoms with E-state index in [1.165, 1.54) is 14.2 Å². The second-order valence-corrected chi connectivity index (χ2v) is 8.58. The molecular weight excluding hydrogens is 434 g/mol. The molecule has 3 aromatic rings. The average molecular weight is 464 g/mol. The lowest BCUT2D eigenvalue weighted by molar-refractivity contribution is -0.140. The van der Waals surface area contributed by atoms with Gasteiger partial charge in [0.05, 0.1) is 25.8 Å². The second kappa shape index (κ2) is 9.23. The number of para-hydroxylation sites is 1. The number of hydrogen-bond donors (Lipinski definition) is 1. The van der Waals surface area contributed by atoms with Gasteiger partial charge in [0.2, 0.25) is 0 Å². The first-order valence-electron chi connectivity index (χ1n) is 11.0. The smallest absolute Gasteiger partial charge is 0.295 e. The predicted octanol–water partition coefficient (Wildman–Crippen LogP) is 3.18. The van der Waals surface area contributed by atoms with Crippen LogP contribution in [-0.4, -0.2) is 72.6 Å². The first-order chi connectivity index (χ1) is 16.3. The van der Waals surface area contributed by atoms with Gasteiger partial charge in [0.25, 0.3) is 11.7 Å². The van der Waals surface area contributed by atoms with Crippen LogP contribution in [0.3, 0.4) is 0 Å².